The van der Waals surface area contributed by atoms with E-state index < -0.39 is 6.04 Å². The van der Waals surface area contributed by atoms with E-state index in [0.717, 1.165) is 0 Å². The topological polar surface area (TPSA) is 63.3 Å². The fraction of sp³-hybridized carbons (Fsp3) is 0.125. The van der Waals surface area contributed by atoms with Crippen molar-refractivity contribution in [2.75, 3.05) is 0 Å². The Labute approximate surface area is 64.5 Å². The molecule has 0 amide bonds. The van der Waals surface area contributed by atoms with Crippen molar-refractivity contribution in [3.63, 3.8) is 0 Å². The number of benzene rings is 1. The summed E-state index contributed by atoms with van der Waals surface area (Å²) in [6.45, 7) is 0. The Kier molecular flexibility index (Phi) is 2.23. The molecule has 0 spiro atoms. The number of rotatable bonds is 2. The number of hydrogen-bond donors (Lipinski definition) is 2. The maximum absolute atomic E-state index is 10.2. The van der Waals surface area contributed by atoms with Crippen LogP contribution in [0.25, 0.3) is 0 Å². The van der Waals surface area contributed by atoms with Crippen molar-refractivity contribution in [1.82, 2.24) is 0 Å². The molecule has 3 N–H and O–H groups in total. The van der Waals surface area contributed by atoms with Gasteiger partial charge in [-0.05, 0) is 17.7 Å². The van der Waals surface area contributed by atoms with Crippen LogP contribution in [0.2, 0.25) is 0 Å². The second kappa shape index (κ2) is 3.16. The number of phenolic OH excluding ortho intramolecular Hbond substituents is 1. The molecule has 1 rings (SSSR count). The van der Waals surface area contributed by atoms with Gasteiger partial charge in [-0.1, -0.05) is 12.1 Å². The third kappa shape index (κ3) is 1.78. The molecule has 0 radical (unpaired) electrons. The highest BCUT2D eigenvalue weighted by Gasteiger charge is 2.01. The zero-order chi connectivity index (χ0) is 8.27. The van der Waals surface area contributed by atoms with Crippen LogP contribution in [0, 0.1) is 0 Å². The van der Waals surface area contributed by atoms with Crippen molar-refractivity contribution in [3.8, 4) is 5.75 Å². The molecule has 0 aliphatic rings. The standard InChI is InChI=1S/C8H9NO2/c9-8(5-10)6-1-3-7(11)4-2-6/h1-5,8,11H,9H2/t8-/m1/s1. The Morgan fingerprint density at radius 1 is 1.36 bits per heavy atom. The molecule has 1 atom stereocenters. The van der Waals surface area contributed by atoms with Crippen LogP contribution in [0.4, 0.5) is 0 Å². The summed E-state index contributed by atoms with van der Waals surface area (Å²) in [4.78, 5) is 10.2. The molecular weight excluding hydrogens is 142 g/mol. The van der Waals surface area contributed by atoms with Gasteiger partial charge >= 0.3 is 0 Å². The molecular formula is C8H9NO2. The van der Waals surface area contributed by atoms with E-state index in [4.69, 9.17) is 10.8 Å². The normalized spacial score (nSPS) is 12.5. The summed E-state index contributed by atoms with van der Waals surface area (Å²) >= 11 is 0. The minimum absolute atomic E-state index is 0.173. The number of nitrogens with two attached hydrogens (primary N) is 1. The number of aldehydes is 1. The van der Waals surface area contributed by atoms with Crippen LogP contribution in [0.5, 0.6) is 5.75 Å². The molecule has 11 heavy (non-hydrogen) atoms. The van der Waals surface area contributed by atoms with Crippen LogP contribution < -0.4 is 5.73 Å². The molecule has 0 aromatic heterocycles. The molecule has 0 aliphatic heterocycles. The van der Waals surface area contributed by atoms with Gasteiger partial charge in [-0.15, -0.1) is 0 Å². The maximum atomic E-state index is 10.2. The maximum Gasteiger partial charge on any atom is 0.141 e. The van der Waals surface area contributed by atoms with Gasteiger partial charge in [0.25, 0.3) is 0 Å². The number of phenols is 1. The van der Waals surface area contributed by atoms with Crippen LogP contribution in [-0.4, -0.2) is 11.4 Å². The lowest BCUT2D eigenvalue weighted by molar-refractivity contribution is -0.109. The smallest absolute Gasteiger partial charge is 0.141 e. The van der Waals surface area contributed by atoms with E-state index >= 15 is 0 Å². The monoisotopic (exact) mass is 151 g/mol. The number of carbonyl (C=O) groups is 1. The third-order valence-electron chi connectivity index (χ3n) is 1.42. The quantitative estimate of drug-likeness (QED) is 0.608. The molecule has 0 saturated heterocycles. The van der Waals surface area contributed by atoms with Gasteiger partial charge in [0.15, 0.2) is 0 Å². The first kappa shape index (κ1) is 7.75. The fourth-order valence-electron chi connectivity index (χ4n) is 0.775. The molecule has 1 aromatic carbocycles. The van der Waals surface area contributed by atoms with Crippen molar-refractivity contribution in [3.05, 3.63) is 29.8 Å². The zero-order valence-electron chi connectivity index (χ0n) is 5.90. The van der Waals surface area contributed by atoms with Crippen LogP contribution in [0.1, 0.15) is 11.6 Å². The van der Waals surface area contributed by atoms with Crippen molar-refractivity contribution in [2.24, 2.45) is 5.73 Å². The Hall–Kier alpha value is -1.35. The Morgan fingerprint density at radius 2 is 1.91 bits per heavy atom. The van der Waals surface area contributed by atoms with E-state index in [2.05, 4.69) is 0 Å². The molecule has 3 heteroatoms. The van der Waals surface area contributed by atoms with Crippen LogP contribution in [0.3, 0.4) is 0 Å². The molecule has 3 nitrogen and oxygen atoms in total. The Bertz CT molecular complexity index is 243. The minimum Gasteiger partial charge on any atom is -0.508 e. The second-order valence-electron chi connectivity index (χ2n) is 2.25. The van der Waals surface area contributed by atoms with Crippen molar-refractivity contribution >= 4 is 6.29 Å². The summed E-state index contributed by atoms with van der Waals surface area (Å²) in [7, 11) is 0. The first-order valence-electron chi connectivity index (χ1n) is 3.24. The molecule has 0 unspecified atom stereocenters. The van der Waals surface area contributed by atoms with Gasteiger partial charge in [-0.25, -0.2) is 0 Å². The van der Waals surface area contributed by atoms with Gasteiger partial charge < -0.3 is 15.6 Å². The van der Waals surface area contributed by atoms with Gasteiger partial charge in [0, 0.05) is 0 Å². The van der Waals surface area contributed by atoms with Crippen molar-refractivity contribution < 1.29 is 9.90 Å². The summed E-state index contributed by atoms with van der Waals surface area (Å²) in [6, 6.07) is 5.65. The van der Waals surface area contributed by atoms with E-state index in [-0.39, 0.29) is 5.75 Å². The highest BCUT2D eigenvalue weighted by molar-refractivity contribution is 5.61. The molecule has 0 aliphatic carbocycles. The third-order valence-corrected chi connectivity index (χ3v) is 1.42. The number of hydrogen-bond acceptors (Lipinski definition) is 3. The Balaban J connectivity index is 2.89. The average molecular weight is 151 g/mol. The highest BCUT2D eigenvalue weighted by atomic mass is 16.3. The molecule has 0 heterocycles. The van der Waals surface area contributed by atoms with E-state index in [1.54, 1.807) is 12.1 Å². The van der Waals surface area contributed by atoms with Crippen molar-refractivity contribution in [1.29, 1.82) is 0 Å². The number of aromatic hydroxyl groups is 1. The Morgan fingerprint density at radius 3 is 2.36 bits per heavy atom. The van der Waals surface area contributed by atoms with Crippen LogP contribution >= 0.6 is 0 Å². The fourth-order valence-corrected chi connectivity index (χ4v) is 0.775. The summed E-state index contributed by atoms with van der Waals surface area (Å²) in [5.74, 6) is 0.173. The summed E-state index contributed by atoms with van der Waals surface area (Å²) < 4.78 is 0. The lowest BCUT2D eigenvalue weighted by Gasteiger charge is -2.02. The SMILES string of the molecule is N[C@H](C=O)c1ccc(O)cc1. The predicted octanol–water partition coefficient (Wildman–Crippen LogP) is 0.591. The molecule has 1 aromatic rings. The highest BCUT2D eigenvalue weighted by Crippen LogP contribution is 2.13. The summed E-state index contributed by atoms with van der Waals surface area (Å²) in [6.07, 6.45) is 0.659. The van der Waals surface area contributed by atoms with Gasteiger partial charge in [0.05, 0.1) is 6.04 Å². The first-order valence-corrected chi connectivity index (χ1v) is 3.24. The lowest BCUT2D eigenvalue weighted by Crippen LogP contribution is -2.10. The molecule has 0 bridgehead atoms. The van der Waals surface area contributed by atoms with Gasteiger partial charge in [0.1, 0.15) is 12.0 Å². The zero-order valence-corrected chi connectivity index (χ0v) is 5.90. The summed E-state index contributed by atoms with van der Waals surface area (Å²) in [5.41, 5.74) is 6.10. The van der Waals surface area contributed by atoms with Gasteiger partial charge in [-0.3, -0.25) is 0 Å². The van der Waals surface area contributed by atoms with E-state index in [1.165, 1.54) is 12.1 Å². The molecule has 0 fully saturated rings. The van der Waals surface area contributed by atoms with Gasteiger partial charge in [-0.2, -0.15) is 0 Å². The predicted molar refractivity (Wildman–Crippen MR) is 41.1 cm³/mol. The molecule has 0 saturated carbocycles. The van der Waals surface area contributed by atoms with Crippen molar-refractivity contribution in [2.45, 2.75) is 6.04 Å². The first-order chi connectivity index (χ1) is 5.24. The van der Waals surface area contributed by atoms with E-state index in [1.807, 2.05) is 0 Å². The second-order valence-corrected chi connectivity index (χ2v) is 2.25. The lowest BCUT2D eigenvalue weighted by atomic mass is 10.1. The minimum atomic E-state index is -0.587. The summed E-state index contributed by atoms with van der Waals surface area (Å²) in [5, 5.41) is 8.88. The van der Waals surface area contributed by atoms with Crippen LogP contribution in [-0.2, 0) is 4.79 Å². The molecule has 58 valence electrons. The van der Waals surface area contributed by atoms with Gasteiger partial charge in [0.2, 0.25) is 0 Å². The van der Waals surface area contributed by atoms with E-state index in [0.29, 0.717) is 11.8 Å². The number of carbonyl (C=O) groups excluding carboxylic acids is 1. The largest absolute Gasteiger partial charge is 0.508 e. The van der Waals surface area contributed by atoms with E-state index in [9.17, 15) is 4.79 Å². The van der Waals surface area contributed by atoms with Crippen LogP contribution in [0.15, 0.2) is 24.3 Å². The average Bonchev–Trinajstić information content (AvgIpc) is 2.05.